The predicted molar refractivity (Wildman–Crippen MR) is 105 cm³/mol. The number of rotatable bonds is 4. The van der Waals surface area contributed by atoms with E-state index < -0.39 is 0 Å². The molecule has 1 aromatic carbocycles. The first-order valence-corrected chi connectivity index (χ1v) is 13.6. The van der Waals surface area contributed by atoms with Crippen molar-refractivity contribution in [1.82, 2.24) is 5.32 Å². The Balaban J connectivity index is 2.33. The van der Waals surface area contributed by atoms with Crippen LogP contribution in [-0.2, 0) is 4.87 Å². The second-order valence-electron chi connectivity index (χ2n) is 3.70. The molecule has 104 valence electrons. The molecular weight excluding hydrogens is 371 g/mol. The molecule has 0 aliphatic carbocycles. The monoisotopic (exact) mass is 383 g/mol. The van der Waals surface area contributed by atoms with Crippen LogP contribution in [0, 0.1) is 0 Å². The van der Waals surface area contributed by atoms with E-state index in [1.54, 1.807) is 50.1 Å². The van der Waals surface area contributed by atoms with Crippen molar-refractivity contribution in [2.45, 2.75) is 18.2 Å². The largest absolute Gasteiger partial charge is 0.293 e. The number of benzene rings is 1. The fourth-order valence-corrected chi connectivity index (χ4v) is 15.1. The van der Waals surface area contributed by atoms with Gasteiger partial charge < -0.3 is 0 Å². The number of hydrogen-bond acceptors (Lipinski definition) is 8. The van der Waals surface area contributed by atoms with E-state index in [9.17, 15) is 0 Å². The Labute approximate surface area is 142 Å². The first kappa shape index (κ1) is 16.7. The van der Waals surface area contributed by atoms with Crippen LogP contribution in [0.25, 0.3) is 0 Å². The summed E-state index contributed by atoms with van der Waals surface area (Å²) in [6, 6.07) is 10.5. The van der Waals surface area contributed by atoms with Gasteiger partial charge >= 0.3 is 0 Å². The molecule has 1 saturated heterocycles. The molecule has 2 rings (SSSR count). The molecule has 0 saturated carbocycles. The lowest BCUT2D eigenvalue weighted by molar-refractivity contribution is 0.607. The van der Waals surface area contributed by atoms with Crippen molar-refractivity contribution in [3.05, 3.63) is 35.9 Å². The molecule has 1 aliphatic rings. The van der Waals surface area contributed by atoms with Crippen molar-refractivity contribution >= 4 is 77.3 Å². The summed E-state index contributed by atoms with van der Waals surface area (Å²) >= 11 is 5.70. The van der Waals surface area contributed by atoms with Gasteiger partial charge in [-0.2, -0.15) is 0 Å². The van der Waals surface area contributed by atoms with Crippen LogP contribution < -0.4 is 5.32 Å². The minimum Gasteiger partial charge on any atom is -0.293 e. The third kappa shape index (κ3) is 4.42. The van der Waals surface area contributed by atoms with Gasteiger partial charge in [0.25, 0.3) is 0 Å². The SMILES string of the molecule is CCCN[C@@]1(c2ccccc2)SSSSSSC1=S. The summed E-state index contributed by atoms with van der Waals surface area (Å²) in [5, 5.41) is 3.66. The highest BCUT2D eigenvalue weighted by Gasteiger charge is 2.39. The Hall–Kier alpha value is 1.37. The first-order valence-electron chi connectivity index (χ1n) is 5.67. The lowest BCUT2D eigenvalue weighted by Gasteiger charge is -2.34. The van der Waals surface area contributed by atoms with Gasteiger partial charge in [-0.25, -0.2) is 0 Å². The van der Waals surface area contributed by atoms with Crippen molar-refractivity contribution in [1.29, 1.82) is 0 Å². The highest BCUT2D eigenvalue weighted by Crippen LogP contribution is 2.62. The molecule has 0 unspecified atom stereocenters. The zero-order valence-electron chi connectivity index (χ0n) is 10.2. The molecule has 0 amide bonds. The van der Waals surface area contributed by atoms with Gasteiger partial charge in [-0.05, 0) is 79.4 Å². The molecule has 19 heavy (non-hydrogen) atoms. The first-order chi connectivity index (χ1) is 9.29. The van der Waals surface area contributed by atoms with Gasteiger partial charge in [0.1, 0.15) is 4.87 Å². The summed E-state index contributed by atoms with van der Waals surface area (Å²) in [5.74, 6) is 0. The van der Waals surface area contributed by atoms with E-state index in [0.717, 1.165) is 17.2 Å². The maximum absolute atomic E-state index is 5.70. The molecule has 1 aliphatic heterocycles. The maximum atomic E-state index is 5.70. The summed E-state index contributed by atoms with van der Waals surface area (Å²) < 4.78 is 1.00. The molecule has 1 aromatic rings. The van der Waals surface area contributed by atoms with Crippen molar-refractivity contribution in [2.75, 3.05) is 6.54 Å². The topological polar surface area (TPSA) is 12.0 Å². The van der Waals surface area contributed by atoms with E-state index in [2.05, 4.69) is 36.5 Å². The molecule has 0 radical (unpaired) electrons. The molecule has 1 heterocycles. The standard InChI is InChI=1S/C11H13NS7/c1-2-8-12-11(9-6-4-3-5-7-9)10(13)14-16-18-19-17-15-11/h3-7,12H,2,8H2,1H3/t11-/m0/s1. The van der Waals surface area contributed by atoms with Gasteiger partial charge in [-0.3, -0.25) is 5.32 Å². The van der Waals surface area contributed by atoms with Crippen molar-refractivity contribution in [3.8, 4) is 0 Å². The quantitative estimate of drug-likeness (QED) is 0.484. The summed E-state index contributed by atoms with van der Waals surface area (Å²) in [6.45, 7) is 3.15. The van der Waals surface area contributed by atoms with Crippen LogP contribution in [0.2, 0.25) is 0 Å². The Morgan fingerprint density at radius 1 is 1.11 bits per heavy atom. The summed E-state index contributed by atoms with van der Waals surface area (Å²) in [5.41, 5.74) is 1.24. The molecular formula is C11H13NS7. The molecule has 1 nitrogen and oxygen atoms in total. The molecule has 8 heteroatoms. The van der Waals surface area contributed by atoms with Gasteiger partial charge in [0, 0.05) is 0 Å². The summed E-state index contributed by atoms with van der Waals surface area (Å²) in [6.07, 6.45) is 1.10. The summed E-state index contributed by atoms with van der Waals surface area (Å²) in [4.78, 5) is -0.275. The van der Waals surface area contributed by atoms with E-state index >= 15 is 0 Å². The van der Waals surface area contributed by atoms with Gasteiger partial charge in [-0.15, -0.1) is 0 Å². The van der Waals surface area contributed by atoms with Crippen molar-refractivity contribution < 1.29 is 0 Å². The van der Waals surface area contributed by atoms with E-state index in [1.165, 1.54) is 5.56 Å². The Bertz CT molecular complexity index is 409. The molecule has 0 aromatic heterocycles. The smallest absolute Gasteiger partial charge is 0.144 e. The number of nitrogens with one attached hydrogen (secondary N) is 1. The van der Waals surface area contributed by atoms with E-state index in [-0.39, 0.29) is 4.87 Å². The van der Waals surface area contributed by atoms with Crippen molar-refractivity contribution in [3.63, 3.8) is 0 Å². The third-order valence-corrected chi connectivity index (χ3v) is 14.6. The van der Waals surface area contributed by atoms with Crippen LogP contribution in [0.1, 0.15) is 18.9 Å². The normalized spacial score (nSPS) is 24.8. The fraction of sp³-hybridized carbons (Fsp3) is 0.364. The van der Waals surface area contributed by atoms with Crippen LogP contribution in [0.5, 0.6) is 0 Å². The van der Waals surface area contributed by atoms with Crippen molar-refractivity contribution in [2.24, 2.45) is 0 Å². The van der Waals surface area contributed by atoms with Crippen LogP contribution in [-0.4, -0.2) is 10.7 Å². The molecule has 1 fully saturated rings. The van der Waals surface area contributed by atoms with Gasteiger partial charge in [0.2, 0.25) is 0 Å². The second kappa shape index (κ2) is 8.73. The average Bonchev–Trinajstić information content (AvgIpc) is 2.44. The Kier molecular flexibility index (Phi) is 7.69. The number of thiocarbonyl (C=S) groups is 1. The van der Waals surface area contributed by atoms with Crippen LogP contribution >= 0.6 is 73.1 Å². The average molecular weight is 384 g/mol. The predicted octanol–water partition coefficient (Wildman–Crippen LogP) is 6.15. The minimum atomic E-state index is -0.275. The lowest BCUT2D eigenvalue weighted by Crippen LogP contribution is -2.44. The van der Waals surface area contributed by atoms with E-state index in [1.807, 2.05) is 16.9 Å². The molecule has 0 bridgehead atoms. The Morgan fingerprint density at radius 2 is 1.84 bits per heavy atom. The van der Waals surface area contributed by atoms with Gasteiger partial charge in [0.15, 0.2) is 0 Å². The zero-order valence-corrected chi connectivity index (χ0v) is 15.9. The molecule has 1 N–H and O–H groups in total. The van der Waals surface area contributed by atoms with Gasteiger partial charge in [-0.1, -0.05) is 49.5 Å². The lowest BCUT2D eigenvalue weighted by atomic mass is 10.1. The van der Waals surface area contributed by atoms with Gasteiger partial charge in [0.05, 0.1) is 4.20 Å². The molecule has 1 atom stereocenters. The van der Waals surface area contributed by atoms with E-state index in [4.69, 9.17) is 12.2 Å². The molecule has 0 spiro atoms. The highest BCUT2D eigenvalue weighted by atomic mass is 33.9. The highest BCUT2D eigenvalue weighted by molar-refractivity contribution is 9.43. The van der Waals surface area contributed by atoms with Crippen LogP contribution in [0.4, 0.5) is 0 Å². The van der Waals surface area contributed by atoms with Crippen LogP contribution in [0.15, 0.2) is 30.3 Å². The summed E-state index contributed by atoms with van der Waals surface area (Å²) in [7, 11) is 10.6. The van der Waals surface area contributed by atoms with Crippen LogP contribution in [0.3, 0.4) is 0 Å². The Morgan fingerprint density at radius 3 is 2.58 bits per heavy atom. The fourth-order valence-electron chi connectivity index (χ4n) is 1.57. The second-order valence-corrected chi connectivity index (χ2v) is 13.8. The minimum absolute atomic E-state index is 0.275. The number of hydrogen-bond donors (Lipinski definition) is 1. The zero-order chi connectivity index (χ0) is 13.6. The van der Waals surface area contributed by atoms with E-state index in [0.29, 0.717) is 0 Å². The maximum Gasteiger partial charge on any atom is 0.144 e. The third-order valence-electron chi connectivity index (χ3n) is 2.44.